The lowest BCUT2D eigenvalue weighted by Crippen LogP contribution is -2.67. The summed E-state index contributed by atoms with van der Waals surface area (Å²) in [4.78, 5) is 26.3. The first-order valence-corrected chi connectivity index (χ1v) is 14.0. The third kappa shape index (κ3) is 2.39. The van der Waals surface area contributed by atoms with Crippen molar-refractivity contribution in [2.24, 2.45) is 56.2 Å². The quantitative estimate of drug-likeness (QED) is 0.371. The van der Waals surface area contributed by atoms with Gasteiger partial charge in [-0.05, 0) is 91.8 Å². The van der Waals surface area contributed by atoms with E-state index in [1.165, 1.54) is 32.1 Å². The number of ether oxygens (including phenoxy) is 1. The van der Waals surface area contributed by atoms with Gasteiger partial charge in [0, 0.05) is 23.2 Å². The highest BCUT2D eigenvalue weighted by Crippen LogP contribution is 2.77. The van der Waals surface area contributed by atoms with E-state index in [1.807, 2.05) is 0 Å². The number of esters is 1. The summed E-state index contributed by atoms with van der Waals surface area (Å²) < 4.78 is 6.27. The highest BCUT2D eigenvalue weighted by molar-refractivity contribution is 5.85. The monoisotopic (exact) mass is 454 g/mol. The van der Waals surface area contributed by atoms with Crippen LogP contribution in [0.2, 0.25) is 0 Å². The van der Waals surface area contributed by atoms with E-state index in [0.29, 0.717) is 29.5 Å². The van der Waals surface area contributed by atoms with Gasteiger partial charge in [-0.15, -0.1) is 0 Å². The van der Waals surface area contributed by atoms with Crippen LogP contribution < -0.4 is 0 Å². The van der Waals surface area contributed by atoms with Gasteiger partial charge in [-0.2, -0.15) is 0 Å². The molecule has 0 radical (unpaired) electrons. The van der Waals surface area contributed by atoms with Crippen molar-refractivity contribution in [1.29, 1.82) is 0 Å². The molecule has 6 rings (SSSR count). The maximum Gasteiger partial charge on any atom is 0.312 e. The Balaban J connectivity index is 1.42. The van der Waals surface area contributed by atoms with Gasteiger partial charge in [0.25, 0.3) is 0 Å². The van der Waals surface area contributed by atoms with E-state index in [2.05, 4.69) is 48.5 Å². The summed E-state index contributed by atoms with van der Waals surface area (Å²) in [5, 5.41) is 0. The minimum Gasteiger partial charge on any atom is -0.461 e. The molecule has 9 atom stereocenters. The number of hydrogen-bond donors (Lipinski definition) is 0. The number of rotatable bonds is 0. The summed E-state index contributed by atoms with van der Waals surface area (Å²) >= 11 is 0. The lowest BCUT2D eigenvalue weighted by molar-refractivity contribution is -0.239. The summed E-state index contributed by atoms with van der Waals surface area (Å²) in [6, 6.07) is 0. The van der Waals surface area contributed by atoms with Gasteiger partial charge in [-0.3, -0.25) is 9.59 Å². The lowest BCUT2D eigenvalue weighted by atomic mass is 9.31. The fourth-order valence-electron chi connectivity index (χ4n) is 11.6. The predicted molar refractivity (Wildman–Crippen MR) is 129 cm³/mol. The summed E-state index contributed by atoms with van der Waals surface area (Å²) in [7, 11) is 0. The molecule has 0 aromatic carbocycles. The lowest BCUT2D eigenvalue weighted by Gasteiger charge is -2.72. The molecule has 33 heavy (non-hydrogen) atoms. The van der Waals surface area contributed by atoms with Gasteiger partial charge in [0.1, 0.15) is 11.9 Å². The van der Waals surface area contributed by atoms with E-state index in [9.17, 15) is 9.59 Å². The van der Waals surface area contributed by atoms with Crippen molar-refractivity contribution in [3.63, 3.8) is 0 Å². The van der Waals surface area contributed by atoms with Gasteiger partial charge in [0.2, 0.25) is 0 Å². The van der Waals surface area contributed by atoms with Gasteiger partial charge in [0.05, 0.1) is 5.41 Å². The minimum atomic E-state index is -0.200. The van der Waals surface area contributed by atoms with E-state index in [0.717, 1.165) is 32.1 Å². The van der Waals surface area contributed by atoms with E-state index in [-0.39, 0.29) is 44.6 Å². The minimum absolute atomic E-state index is 0.0910. The molecule has 1 saturated heterocycles. The summed E-state index contributed by atoms with van der Waals surface area (Å²) in [6.07, 6.45) is 11.2. The Morgan fingerprint density at radius 2 is 1.42 bits per heavy atom. The molecule has 0 unspecified atom stereocenters. The topological polar surface area (TPSA) is 43.4 Å². The molecule has 0 spiro atoms. The predicted octanol–water partition coefficient (Wildman–Crippen LogP) is 6.97. The molecule has 3 heteroatoms. The standard InChI is InChI=1S/C30H46O3/c1-25(2)14-16-30-17-15-28(6)18(22(30)23(25)33-24(30)32)8-9-20-27(5)12-11-21(31)26(3,4)19(27)10-13-29(20,28)7/h18-20,22-23H,8-17H2,1-7H3/t18-,19-,20-,22-,23-,27+,28-,29-,30-/m1/s1. The first-order chi connectivity index (χ1) is 15.2. The van der Waals surface area contributed by atoms with Crippen LogP contribution in [0.15, 0.2) is 0 Å². The molecule has 184 valence electrons. The van der Waals surface area contributed by atoms with Crippen LogP contribution in [0, 0.1) is 56.2 Å². The zero-order valence-corrected chi connectivity index (χ0v) is 22.2. The number of Topliss-reactive ketones (excluding diaryl/α,β-unsaturated/α-hetero) is 1. The first kappa shape index (κ1) is 22.6. The highest BCUT2D eigenvalue weighted by Gasteiger charge is 2.75. The largest absolute Gasteiger partial charge is 0.461 e. The zero-order valence-electron chi connectivity index (χ0n) is 22.2. The molecule has 2 bridgehead atoms. The highest BCUT2D eigenvalue weighted by atomic mass is 16.6. The number of hydrogen-bond acceptors (Lipinski definition) is 3. The summed E-state index contributed by atoms with van der Waals surface area (Å²) in [5.41, 5.74) is 0.494. The number of carbonyl (C=O) groups excluding carboxylic acids is 2. The molecule has 0 aromatic rings. The molecule has 5 aliphatic carbocycles. The van der Waals surface area contributed by atoms with E-state index in [1.54, 1.807) is 0 Å². The van der Waals surface area contributed by atoms with Gasteiger partial charge in [0.15, 0.2) is 0 Å². The Hall–Kier alpha value is -0.860. The second kappa shape index (κ2) is 6.28. The smallest absolute Gasteiger partial charge is 0.312 e. The Bertz CT molecular complexity index is 918. The Morgan fingerprint density at radius 3 is 2.15 bits per heavy atom. The van der Waals surface area contributed by atoms with Crippen molar-refractivity contribution >= 4 is 11.8 Å². The third-order valence-electron chi connectivity index (χ3n) is 13.8. The van der Waals surface area contributed by atoms with Crippen molar-refractivity contribution in [1.82, 2.24) is 0 Å². The van der Waals surface area contributed by atoms with Crippen LogP contribution in [0.1, 0.15) is 113 Å². The second-order valence-corrected chi connectivity index (χ2v) is 15.3. The molecule has 6 aliphatic rings. The van der Waals surface area contributed by atoms with Crippen molar-refractivity contribution in [2.75, 3.05) is 0 Å². The molecular weight excluding hydrogens is 408 g/mol. The summed E-state index contributed by atoms with van der Waals surface area (Å²) in [5.74, 6) is 2.80. The number of ketones is 1. The Morgan fingerprint density at radius 1 is 0.727 bits per heavy atom. The van der Waals surface area contributed by atoms with Crippen LogP contribution in [0.4, 0.5) is 0 Å². The second-order valence-electron chi connectivity index (χ2n) is 15.3. The molecule has 5 saturated carbocycles. The average Bonchev–Trinajstić information content (AvgIpc) is 2.99. The molecule has 0 aromatic heterocycles. The molecule has 1 heterocycles. The van der Waals surface area contributed by atoms with Crippen LogP contribution in [0.3, 0.4) is 0 Å². The van der Waals surface area contributed by atoms with E-state index >= 15 is 0 Å². The van der Waals surface area contributed by atoms with E-state index in [4.69, 9.17) is 4.74 Å². The summed E-state index contributed by atoms with van der Waals surface area (Å²) in [6.45, 7) is 17.0. The van der Waals surface area contributed by atoms with Crippen molar-refractivity contribution in [3.8, 4) is 0 Å². The van der Waals surface area contributed by atoms with Crippen LogP contribution in [0.5, 0.6) is 0 Å². The SMILES string of the molecule is CC1(C)CC[C@@]23CC[C@]4(C)[C@H](CC[C@@H]5[C@@]6(C)CCC(=O)C(C)(C)[C@H]6CC[C@]54C)[C@@H]2[C@H]1OC3=O. The first-order valence-electron chi connectivity index (χ1n) is 14.0. The van der Waals surface area contributed by atoms with Gasteiger partial charge >= 0.3 is 5.97 Å². The molecule has 0 amide bonds. The van der Waals surface area contributed by atoms with Crippen LogP contribution in [-0.4, -0.2) is 17.9 Å². The molecule has 1 aliphatic heterocycles. The van der Waals surface area contributed by atoms with Crippen LogP contribution in [-0.2, 0) is 14.3 Å². The van der Waals surface area contributed by atoms with Gasteiger partial charge in [-0.25, -0.2) is 0 Å². The number of fused-ring (bicyclic) bond motifs is 5. The third-order valence-corrected chi connectivity index (χ3v) is 13.8. The van der Waals surface area contributed by atoms with Gasteiger partial charge in [-0.1, -0.05) is 48.5 Å². The van der Waals surface area contributed by atoms with Gasteiger partial charge < -0.3 is 4.74 Å². The fourth-order valence-corrected chi connectivity index (χ4v) is 11.6. The Labute approximate surface area is 201 Å². The normalized spacial score (nSPS) is 56.2. The van der Waals surface area contributed by atoms with Crippen LogP contribution in [0.25, 0.3) is 0 Å². The molecule has 0 N–H and O–H groups in total. The fraction of sp³-hybridized carbons (Fsp3) is 0.933. The maximum atomic E-state index is 13.3. The molecule has 3 nitrogen and oxygen atoms in total. The van der Waals surface area contributed by atoms with Crippen molar-refractivity contribution in [2.45, 2.75) is 119 Å². The van der Waals surface area contributed by atoms with Crippen molar-refractivity contribution < 1.29 is 14.3 Å². The van der Waals surface area contributed by atoms with Crippen LogP contribution >= 0.6 is 0 Å². The zero-order chi connectivity index (χ0) is 23.8. The average molecular weight is 455 g/mol. The maximum absolute atomic E-state index is 13.3. The molecular formula is C30H46O3. The number of carbonyl (C=O) groups is 2. The van der Waals surface area contributed by atoms with E-state index < -0.39 is 0 Å². The van der Waals surface area contributed by atoms with Crippen molar-refractivity contribution in [3.05, 3.63) is 0 Å². The molecule has 6 fully saturated rings. The Kier molecular flexibility index (Phi) is 4.30.